The van der Waals surface area contributed by atoms with Crippen LogP contribution in [-0.2, 0) is 6.42 Å². The van der Waals surface area contributed by atoms with Crippen molar-refractivity contribution in [3.8, 4) is 0 Å². The SMILES string of the molecule is CC(C)C1CC1(N)Cc1cccc(F)c1. The highest BCUT2D eigenvalue weighted by Gasteiger charge is 2.51. The number of hydrogen-bond donors (Lipinski definition) is 1. The van der Waals surface area contributed by atoms with Crippen LogP contribution in [0.15, 0.2) is 24.3 Å². The summed E-state index contributed by atoms with van der Waals surface area (Å²) in [5.41, 5.74) is 7.18. The third-order valence-corrected chi connectivity index (χ3v) is 3.41. The Bertz CT molecular complexity index is 361. The maximum absolute atomic E-state index is 13.0. The topological polar surface area (TPSA) is 26.0 Å². The summed E-state index contributed by atoms with van der Waals surface area (Å²) < 4.78 is 13.0. The Balaban J connectivity index is 2.05. The molecule has 0 aliphatic heterocycles. The van der Waals surface area contributed by atoms with Crippen LogP contribution < -0.4 is 5.73 Å². The van der Waals surface area contributed by atoms with Crippen molar-refractivity contribution in [1.82, 2.24) is 0 Å². The average molecular weight is 207 g/mol. The molecule has 1 aliphatic rings. The molecule has 1 aromatic rings. The van der Waals surface area contributed by atoms with Gasteiger partial charge in [0.25, 0.3) is 0 Å². The van der Waals surface area contributed by atoms with Crippen LogP contribution in [0.4, 0.5) is 4.39 Å². The lowest BCUT2D eigenvalue weighted by atomic mass is 9.98. The lowest BCUT2D eigenvalue weighted by Gasteiger charge is -2.13. The minimum absolute atomic E-state index is 0.0814. The van der Waals surface area contributed by atoms with E-state index in [-0.39, 0.29) is 11.4 Å². The standard InChI is InChI=1S/C13H18FN/c1-9(2)12-8-13(12,15)7-10-4-3-5-11(14)6-10/h3-6,9,12H,7-8,15H2,1-2H3. The van der Waals surface area contributed by atoms with E-state index in [0.29, 0.717) is 11.8 Å². The van der Waals surface area contributed by atoms with Crippen LogP contribution in [0, 0.1) is 17.7 Å². The van der Waals surface area contributed by atoms with E-state index in [1.165, 1.54) is 6.07 Å². The van der Waals surface area contributed by atoms with E-state index in [2.05, 4.69) is 13.8 Å². The summed E-state index contributed by atoms with van der Waals surface area (Å²) in [6.07, 6.45) is 1.87. The predicted octanol–water partition coefficient (Wildman–Crippen LogP) is 2.74. The molecule has 0 spiro atoms. The Morgan fingerprint density at radius 2 is 2.27 bits per heavy atom. The van der Waals surface area contributed by atoms with Gasteiger partial charge in [-0.1, -0.05) is 26.0 Å². The van der Waals surface area contributed by atoms with Crippen LogP contribution in [0.3, 0.4) is 0 Å². The van der Waals surface area contributed by atoms with Crippen molar-refractivity contribution in [2.45, 2.75) is 32.2 Å². The maximum Gasteiger partial charge on any atom is 0.123 e. The molecule has 2 rings (SSSR count). The molecule has 0 amide bonds. The first kappa shape index (κ1) is 10.6. The average Bonchev–Trinajstić information content (AvgIpc) is 2.77. The first-order chi connectivity index (χ1) is 7.01. The van der Waals surface area contributed by atoms with Crippen molar-refractivity contribution in [2.24, 2.45) is 17.6 Å². The Kier molecular flexibility index (Phi) is 2.55. The first-order valence-corrected chi connectivity index (χ1v) is 5.54. The number of hydrogen-bond acceptors (Lipinski definition) is 1. The molecule has 2 atom stereocenters. The van der Waals surface area contributed by atoms with Gasteiger partial charge in [-0.05, 0) is 42.4 Å². The van der Waals surface area contributed by atoms with Crippen LogP contribution in [0.1, 0.15) is 25.8 Å². The minimum Gasteiger partial charge on any atom is -0.325 e. The van der Waals surface area contributed by atoms with E-state index >= 15 is 0 Å². The van der Waals surface area contributed by atoms with E-state index in [9.17, 15) is 4.39 Å². The second-order valence-corrected chi connectivity index (χ2v) is 5.09. The summed E-state index contributed by atoms with van der Waals surface area (Å²) in [5, 5.41) is 0. The molecule has 2 heteroatoms. The minimum atomic E-state index is -0.169. The van der Waals surface area contributed by atoms with E-state index < -0.39 is 0 Å². The molecular formula is C13H18FN. The molecule has 1 aliphatic carbocycles. The van der Waals surface area contributed by atoms with Gasteiger partial charge in [-0.25, -0.2) is 4.39 Å². The van der Waals surface area contributed by atoms with Gasteiger partial charge in [-0.3, -0.25) is 0 Å². The molecule has 0 saturated heterocycles. The zero-order chi connectivity index (χ0) is 11.1. The Morgan fingerprint density at radius 3 is 2.80 bits per heavy atom. The van der Waals surface area contributed by atoms with Crippen molar-refractivity contribution in [3.63, 3.8) is 0 Å². The number of benzene rings is 1. The molecule has 15 heavy (non-hydrogen) atoms. The van der Waals surface area contributed by atoms with Crippen LogP contribution in [0.25, 0.3) is 0 Å². The van der Waals surface area contributed by atoms with Gasteiger partial charge < -0.3 is 5.73 Å². The highest BCUT2D eigenvalue weighted by atomic mass is 19.1. The fourth-order valence-corrected chi connectivity index (χ4v) is 2.48. The molecule has 0 heterocycles. The second kappa shape index (κ2) is 3.60. The Hall–Kier alpha value is -0.890. The van der Waals surface area contributed by atoms with Gasteiger partial charge in [-0.2, -0.15) is 0 Å². The maximum atomic E-state index is 13.0. The van der Waals surface area contributed by atoms with Crippen molar-refractivity contribution >= 4 is 0 Å². The molecule has 0 aromatic heterocycles. The molecule has 0 radical (unpaired) electrons. The van der Waals surface area contributed by atoms with Gasteiger partial charge in [0.2, 0.25) is 0 Å². The molecule has 1 fully saturated rings. The summed E-state index contributed by atoms with van der Waals surface area (Å²) in [4.78, 5) is 0. The Morgan fingerprint density at radius 1 is 1.53 bits per heavy atom. The molecule has 0 bridgehead atoms. The third-order valence-electron chi connectivity index (χ3n) is 3.41. The summed E-state index contributed by atoms with van der Waals surface area (Å²) >= 11 is 0. The fourth-order valence-electron chi connectivity index (χ4n) is 2.48. The molecule has 2 unspecified atom stereocenters. The van der Waals surface area contributed by atoms with Crippen molar-refractivity contribution in [1.29, 1.82) is 0 Å². The van der Waals surface area contributed by atoms with Crippen molar-refractivity contribution < 1.29 is 4.39 Å². The highest BCUT2D eigenvalue weighted by molar-refractivity contribution is 5.23. The van der Waals surface area contributed by atoms with Crippen molar-refractivity contribution in [3.05, 3.63) is 35.6 Å². The summed E-state index contributed by atoms with van der Waals surface area (Å²) in [5.74, 6) is 1.06. The molecule has 2 N–H and O–H groups in total. The van der Waals surface area contributed by atoms with Gasteiger partial charge in [-0.15, -0.1) is 0 Å². The van der Waals surface area contributed by atoms with Gasteiger partial charge in [0.05, 0.1) is 0 Å². The molecular weight excluding hydrogens is 189 g/mol. The summed E-state index contributed by atoms with van der Waals surface area (Å²) in [6.45, 7) is 4.40. The second-order valence-electron chi connectivity index (χ2n) is 5.09. The number of halogens is 1. The smallest absolute Gasteiger partial charge is 0.123 e. The molecule has 1 aromatic carbocycles. The quantitative estimate of drug-likeness (QED) is 0.810. The van der Waals surface area contributed by atoms with Gasteiger partial charge >= 0.3 is 0 Å². The van der Waals surface area contributed by atoms with E-state index in [4.69, 9.17) is 5.73 Å². The number of rotatable bonds is 3. The predicted molar refractivity (Wildman–Crippen MR) is 60.0 cm³/mol. The lowest BCUT2D eigenvalue weighted by Crippen LogP contribution is -2.29. The fraction of sp³-hybridized carbons (Fsp3) is 0.538. The van der Waals surface area contributed by atoms with Crippen LogP contribution >= 0.6 is 0 Å². The van der Waals surface area contributed by atoms with Crippen molar-refractivity contribution in [2.75, 3.05) is 0 Å². The zero-order valence-electron chi connectivity index (χ0n) is 9.33. The zero-order valence-corrected chi connectivity index (χ0v) is 9.33. The van der Waals surface area contributed by atoms with Crippen LogP contribution in [-0.4, -0.2) is 5.54 Å². The monoisotopic (exact) mass is 207 g/mol. The molecule has 1 saturated carbocycles. The first-order valence-electron chi connectivity index (χ1n) is 5.54. The van der Waals surface area contributed by atoms with Gasteiger partial charge in [0.1, 0.15) is 5.82 Å². The third kappa shape index (κ3) is 2.20. The van der Waals surface area contributed by atoms with E-state index in [1.54, 1.807) is 12.1 Å². The molecule has 1 nitrogen and oxygen atoms in total. The van der Waals surface area contributed by atoms with Crippen LogP contribution in [0.5, 0.6) is 0 Å². The largest absolute Gasteiger partial charge is 0.325 e. The summed E-state index contributed by atoms with van der Waals surface area (Å²) in [6, 6.07) is 6.76. The number of nitrogens with two attached hydrogens (primary N) is 1. The normalized spacial score (nSPS) is 29.5. The lowest BCUT2D eigenvalue weighted by molar-refractivity contribution is 0.475. The van der Waals surface area contributed by atoms with Crippen LogP contribution in [0.2, 0.25) is 0 Å². The van der Waals surface area contributed by atoms with E-state index in [0.717, 1.165) is 18.4 Å². The Labute approximate surface area is 90.5 Å². The highest BCUT2D eigenvalue weighted by Crippen LogP contribution is 2.48. The molecule has 82 valence electrons. The van der Waals surface area contributed by atoms with E-state index in [1.807, 2.05) is 6.07 Å². The van der Waals surface area contributed by atoms with Gasteiger partial charge in [0.15, 0.2) is 0 Å². The summed E-state index contributed by atoms with van der Waals surface area (Å²) in [7, 11) is 0. The van der Waals surface area contributed by atoms with Gasteiger partial charge in [0, 0.05) is 5.54 Å².